The van der Waals surface area contributed by atoms with Crippen LogP contribution in [0.5, 0.6) is 0 Å². The van der Waals surface area contributed by atoms with Gasteiger partial charge in [0.15, 0.2) is 5.41 Å². The van der Waals surface area contributed by atoms with E-state index in [0.717, 1.165) is 6.42 Å². The number of likely N-dealkylation sites (N-methyl/N-ethyl adjacent to an activating group) is 2. The van der Waals surface area contributed by atoms with Crippen LogP contribution in [0.25, 0.3) is 0 Å². The SMILES string of the molecule is CCC1CC1(C(=O)OCCN(C)C)C(=O)OCCN(C)C. The first-order valence-electron chi connectivity index (χ1n) is 7.48. The van der Waals surface area contributed by atoms with Gasteiger partial charge in [-0.05, 0) is 40.5 Å². The van der Waals surface area contributed by atoms with Crippen molar-refractivity contribution in [1.29, 1.82) is 0 Å². The van der Waals surface area contributed by atoms with E-state index in [0.29, 0.717) is 32.7 Å². The third-order valence-electron chi connectivity index (χ3n) is 3.87. The average Bonchev–Trinajstić information content (AvgIpc) is 3.13. The summed E-state index contributed by atoms with van der Waals surface area (Å²) >= 11 is 0. The summed E-state index contributed by atoms with van der Waals surface area (Å²) in [5, 5.41) is 0. The molecular weight excluding hydrogens is 272 g/mol. The van der Waals surface area contributed by atoms with E-state index in [1.165, 1.54) is 0 Å². The van der Waals surface area contributed by atoms with Crippen LogP contribution >= 0.6 is 0 Å². The highest BCUT2D eigenvalue weighted by atomic mass is 16.6. The smallest absolute Gasteiger partial charge is 0.323 e. The summed E-state index contributed by atoms with van der Waals surface area (Å²) in [6, 6.07) is 0. The van der Waals surface area contributed by atoms with E-state index < -0.39 is 17.4 Å². The van der Waals surface area contributed by atoms with Crippen LogP contribution in [0, 0.1) is 11.3 Å². The molecule has 6 heteroatoms. The van der Waals surface area contributed by atoms with Gasteiger partial charge in [0, 0.05) is 13.1 Å². The highest BCUT2D eigenvalue weighted by Gasteiger charge is 2.67. The predicted octanol–water partition coefficient (Wildman–Crippen LogP) is 0.612. The molecule has 1 unspecified atom stereocenters. The first-order chi connectivity index (χ1) is 9.84. The van der Waals surface area contributed by atoms with Crippen LogP contribution in [0.15, 0.2) is 0 Å². The maximum atomic E-state index is 12.3. The monoisotopic (exact) mass is 300 g/mol. The molecule has 0 bridgehead atoms. The predicted molar refractivity (Wildman–Crippen MR) is 79.9 cm³/mol. The Balaban J connectivity index is 2.54. The summed E-state index contributed by atoms with van der Waals surface area (Å²) < 4.78 is 10.5. The summed E-state index contributed by atoms with van der Waals surface area (Å²) in [5.74, 6) is -0.798. The number of carbonyl (C=O) groups excluding carboxylic acids is 2. The van der Waals surface area contributed by atoms with Crippen molar-refractivity contribution in [3.63, 3.8) is 0 Å². The standard InChI is InChI=1S/C15H28N2O4/c1-6-12-11-15(12,13(18)20-9-7-16(2)3)14(19)21-10-8-17(4)5/h12H,6-11H2,1-5H3. The Kier molecular flexibility index (Phi) is 6.61. The maximum absolute atomic E-state index is 12.3. The van der Waals surface area contributed by atoms with Crippen molar-refractivity contribution in [3.05, 3.63) is 0 Å². The van der Waals surface area contributed by atoms with E-state index >= 15 is 0 Å². The molecule has 0 aromatic carbocycles. The van der Waals surface area contributed by atoms with Gasteiger partial charge in [-0.1, -0.05) is 13.3 Å². The van der Waals surface area contributed by atoms with Crippen LogP contribution in [0.4, 0.5) is 0 Å². The van der Waals surface area contributed by atoms with E-state index in [9.17, 15) is 9.59 Å². The topological polar surface area (TPSA) is 59.1 Å². The second-order valence-corrected chi connectivity index (χ2v) is 6.16. The molecule has 0 heterocycles. The summed E-state index contributed by atoms with van der Waals surface area (Å²) in [5.41, 5.74) is -1.05. The van der Waals surface area contributed by atoms with Crippen molar-refractivity contribution in [2.24, 2.45) is 11.3 Å². The quantitative estimate of drug-likeness (QED) is 0.459. The summed E-state index contributed by atoms with van der Waals surface area (Å²) in [6.45, 7) is 3.87. The van der Waals surface area contributed by atoms with Gasteiger partial charge >= 0.3 is 11.9 Å². The molecular formula is C15H28N2O4. The summed E-state index contributed by atoms with van der Waals surface area (Å²) in [4.78, 5) is 28.4. The first kappa shape index (κ1) is 17.9. The Morgan fingerprint density at radius 2 is 1.43 bits per heavy atom. The number of rotatable bonds is 9. The van der Waals surface area contributed by atoms with Crippen molar-refractivity contribution in [1.82, 2.24) is 9.80 Å². The highest BCUT2D eigenvalue weighted by molar-refractivity contribution is 6.03. The lowest BCUT2D eigenvalue weighted by Gasteiger charge is -2.17. The number of hydrogen-bond acceptors (Lipinski definition) is 6. The molecule has 1 atom stereocenters. The zero-order chi connectivity index (χ0) is 16.0. The van der Waals surface area contributed by atoms with Gasteiger partial charge in [0.1, 0.15) is 13.2 Å². The molecule has 0 aliphatic heterocycles. The number of hydrogen-bond donors (Lipinski definition) is 0. The van der Waals surface area contributed by atoms with E-state index in [1.807, 2.05) is 44.9 Å². The molecule has 0 aromatic heterocycles. The Bertz CT molecular complexity index is 343. The van der Waals surface area contributed by atoms with Gasteiger partial charge < -0.3 is 19.3 Å². The molecule has 1 aliphatic rings. The minimum Gasteiger partial charge on any atom is -0.463 e. The number of carbonyl (C=O) groups is 2. The molecule has 0 N–H and O–H groups in total. The zero-order valence-corrected chi connectivity index (χ0v) is 13.8. The largest absolute Gasteiger partial charge is 0.463 e. The minimum atomic E-state index is -1.05. The lowest BCUT2D eigenvalue weighted by molar-refractivity contribution is -0.166. The fraction of sp³-hybridized carbons (Fsp3) is 0.867. The molecule has 0 amide bonds. The average molecular weight is 300 g/mol. The van der Waals surface area contributed by atoms with Crippen LogP contribution < -0.4 is 0 Å². The third kappa shape index (κ3) is 4.68. The molecule has 1 aliphatic carbocycles. The van der Waals surface area contributed by atoms with Crippen LogP contribution in [0.1, 0.15) is 19.8 Å². The van der Waals surface area contributed by atoms with Crippen molar-refractivity contribution in [3.8, 4) is 0 Å². The Morgan fingerprint density at radius 3 is 1.71 bits per heavy atom. The molecule has 122 valence electrons. The molecule has 1 saturated carbocycles. The van der Waals surface area contributed by atoms with Crippen molar-refractivity contribution < 1.29 is 19.1 Å². The zero-order valence-electron chi connectivity index (χ0n) is 13.8. The van der Waals surface area contributed by atoms with Gasteiger partial charge in [-0.3, -0.25) is 9.59 Å². The van der Waals surface area contributed by atoms with Gasteiger partial charge in [-0.25, -0.2) is 0 Å². The molecule has 0 spiro atoms. The second-order valence-electron chi connectivity index (χ2n) is 6.16. The third-order valence-corrected chi connectivity index (χ3v) is 3.87. The molecule has 6 nitrogen and oxygen atoms in total. The van der Waals surface area contributed by atoms with Crippen LogP contribution in [0.3, 0.4) is 0 Å². The van der Waals surface area contributed by atoms with E-state index in [-0.39, 0.29) is 5.92 Å². The van der Waals surface area contributed by atoms with Crippen molar-refractivity contribution in [2.75, 3.05) is 54.5 Å². The normalized spacial score (nSPS) is 19.7. The molecule has 21 heavy (non-hydrogen) atoms. The van der Waals surface area contributed by atoms with Gasteiger partial charge in [0.05, 0.1) is 0 Å². The molecule has 0 aromatic rings. The number of nitrogens with zero attached hydrogens (tertiary/aromatic N) is 2. The molecule has 0 radical (unpaired) electrons. The van der Waals surface area contributed by atoms with E-state index in [1.54, 1.807) is 0 Å². The second kappa shape index (κ2) is 7.75. The van der Waals surface area contributed by atoms with Gasteiger partial charge in [-0.15, -0.1) is 0 Å². The van der Waals surface area contributed by atoms with Gasteiger partial charge in [0.25, 0.3) is 0 Å². The molecule has 1 rings (SSSR count). The summed E-state index contributed by atoms with van der Waals surface area (Å²) in [6.07, 6.45) is 1.33. The Morgan fingerprint density at radius 1 is 1.00 bits per heavy atom. The van der Waals surface area contributed by atoms with E-state index in [4.69, 9.17) is 9.47 Å². The van der Waals surface area contributed by atoms with Crippen LogP contribution in [0.2, 0.25) is 0 Å². The molecule has 0 saturated heterocycles. The fourth-order valence-electron chi connectivity index (χ4n) is 2.31. The first-order valence-corrected chi connectivity index (χ1v) is 7.48. The number of esters is 2. The fourth-order valence-corrected chi connectivity index (χ4v) is 2.31. The summed E-state index contributed by atoms with van der Waals surface area (Å²) in [7, 11) is 7.63. The van der Waals surface area contributed by atoms with Crippen molar-refractivity contribution in [2.45, 2.75) is 19.8 Å². The van der Waals surface area contributed by atoms with Crippen molar-refractivity contribution >= 4 is 11.9 Å². The Hall–Kier alpha value is -1.14. The van der Waals surface area contributed by atoms with Gasteiger partial charge in [-0.2, -0.15) is 0 Å². The maximum Gasteiger partial charge on any atom is 0.323 e. The highest BCUT2D eigenvalue weighted by Crippen LogP contribution is 2.56. The van der Waals surface area contributed by atoms with Crippen LogP contribution in [-0.4, -0.2) is 76.2 Å². The minimum absolute atomic E-state index is 0.0520. The van der Waals surface area contributed by atoms with Crippen LogP contribution in [-0.2, 0) is 19.1 Å². The molecule has 1 fully saturated rings. The van der Waals surface area contributed by atoms with E-state index in [2.05, 4.69) is 0 Å². The lowest BCUT2D eigenvalue weighted by Crippen LogP contribution is -2.34. The van der Waals surface area contributed by atoms with Gasteiger partial charge in [0.2, 0.25) is 0 Å². The Labute approximate surface area is 127 Å². The number of ether oxygens (including phenoxy) is 2. The lowest BCUT2D eigenvalue weighted by atomic mass is 10.0.